The molecule has 3 rings (SSSR count). The van der Waals surface area contributed by atoms with Crippen molar-refractivity contribution < 1.29 is 9.53 Å². The monoisotopic (exact) mass is 258 g/mol. The SMILES string of the molecule is CC1(c2ccccc2)COCCN1C1=NC(=O)N=N1. The zero-order chi connectivity index (χ0) is 13.3. The molecule has 2 aliphatic rings. The van der Waals surface area contributed by atoms with Crippen LogP contribution in [0.15, 0.2) is 45.6 Å². The first-order valence-electron chi connectivity index (χ1n) is 6.15. The minimum Gasteiger partial charge on any atom is -0.377 e. The number of benzene rings is 1. The molecule has 1 aromatic rings. The average Bonchev–Trinajstić information content (AvgIpc) is 2.87. The largest absolute Gasteiger partial charge is 0.389 e. The van der Waals surface area contributed by atoms with Gasteiger partial charge in [0.05, 0.1) is 18.8 Å². The lowest BCUT2D eigenvalue weighted by atomic mass is 9.90. The Labute approximate surface area is 110 Å². The fourth-order valence-electron chi connectivity index (χ4n) is 2.44. The summed E-state index contributed by atoms with van der Waals surface area (Å²) < 4.78 is 5.60. The fraction of sp³-hybridized carbons (Fsp3) is 0.385. The molecule has 1 unspecified atom stereocenters. The van der Waals surface area contributed by atoms with E-state index in [-0.39, 0.29) is 5.54 Å². The molecule has 0 aliphatic carbocycles. The number of carbonyl (C=O) groups is 1. The second-order valence-electron chi connectivity index (χ2n) is 4.74. The van der Waals surface area contributed by atoms with Gasteiger partial charge in [-0.05, 0) is 12.5 Å². The number of azo groups is 1. The van der Waals surface area contributed by atoms with E-state index >= 15 is 0 Å². The number of carbonyl (C=O) groups excluding carboxylic acids is 1. The molecule has 2 aliphatic heterocycles. The number of morpholine rings is 1. The minimum atomic E-state index is -0.545. The molecule has 6 heteroatoms. The summed E-state index contributed by atoms with van der Waals surface area (Å²) in [6.07, 6.45) is 0. The smallest absolute Gasteiger partial charge is 0.377 e. The summed E-state index contributed by atoms with van der Waals surface area (Å²) >= 11 is 0. The maximum absolute atomic E-state index is 11.1. The van der Waals surface area contributed by atoms with Crippen molar-refractivity contribution in [3.63, 3.8) is 0 Å². The maximum Gasteiger partial charge on any atom is 0.389 e. The van der Waals surface area contributed by atoms with Crippen LogP contribution in [-0.4, -0.2) is 36.6 Å². The van der Waals surface area contributed by atoms with E-state index in [0.29, 0.717) is 25.7 Å². The number of ether oxygens (including phenoxy) is 1. The van der Waals surface area contributed by atoms with E-state index in [2.05, 4.69) is 22.1 Å². The van der Waals surface area contributed by atoms with Crippen LogP contribution in [0.3, 0.4) is 0 Å². The maximum atomic E-state index is 11.1. The lowest BCUT2D eigenvalue weighted by Gasteiger charge is -2.44. The summed E-state index contributed by atoms with van der Waals surface area (Å²) in [6.45, 7) is 3.81. The van der Waals surface area contributed by atoms with E-state index in [0.717, 1.165) is 5.56 Å². The Bertz CT molecular complexity index is 555. The number of hydrogen-bond donors (Lipinski definition) is 0. The van der Waals surface area contributed by atoms with Gasteiger partial charge in [0.1, 0.15) is 0 Å². The normalized spacial score (nSPS) is 26.7. The molecule has 98 valence electrons. The molecule has 0 bridgehead atoms. The van der Waals surface area contributed by atoms with Crippen molar-refractivity contribution in [3.05, 3.63) is 35.9 Å². The Balaban J connectivity index is 2.00. The standard InChI is InChI=1S/C13H14N4O2/c1-13(10-5-3-2-4-6-10)9-19-8-7-17(13)11-14-12(18)16-15-11/h2-6H,7-9H2,1H3. The molecule has 1 saturated heterocycles. The molecular formula is C13H14N4O2. The summed E-state index contributed by atoms with van der Waals surface area (Å²) in [7, 11) is 0. The predicted molar refractivity (Wildman–Crippen MR) is 69.0 cm³/mol. The van der Waals surface area contributed by atoms with Crippen molar-refractivity contribution in [3.8, 4) is 0 Å². The Hall–Kier alpha value is -2.08. The minimum absolute atomic E-state index is 0.375. The number of hydrogen-bond acceptors (Lipinski definition) is 4. The quantitative estimate of drug-likeness (QED) is 0.775. The van der Waals surface area contributed by atoms with Gasteiger partial charge in [-0.25, -0.2) is 4.79 Å². The van der Waals surface area contributed by atoms with Crippen LogP contribution in [0.25, 0.3) is 0 Å². The molecule has 1 atom stereocenters. The third-order valence-electron chi connectivity index (χ3n) is 3.50. The topological polar surface area (TPSA) is 66.6 Å². The van der Waals surface area contributed by atoms with Crippen LogP contribution in [-0.2, 0) is 10.3 Å². The molecule has 2 amide bonds. The Kier molecular flexibility index (Phi) is 2.87. The van der Waals surface area contributed by atoms with Crippen molar-refractivity contribution in [2.24, 2.45) is 15.2 Å². The second kappa shape index (κ2) is 4.55. The fourth-order valence-corrected chi connectivity index (χ4v) is 2.44. The summed E-state index contributed by atoms with van der Waals surface area (Å²) in [4.78, 5) is 17.0. The molecule has 19 heavy (non-hydrogen) atoms. The van der Waals surface area contributed by atoms with Crippen LogP contribution in [0.4, 0.5) is 4.79 Å². The van der Waals surface area contributed by atoms with Crippen molar-refractivity contribution in [1.82, 2.24) is 4.90 Å². The van der Waals surface area contributed by atoms with Gasteiger partial charge in [-0.15, -0.1) is 5.11 Å². The van der Waals surface area contributed by atoms with E-state index in [1.807, 2.05) is 35.2 Å². The van der Waals surface area contributed by atoms with E-state index in [4.69, 9.17) is 4.74 Å². The van der Waals surface area contributed by atoms with Crippen molar-refractivity contribution >= 4 is 12.0 Å². The Morgan fingerprint density at radius 3 is 2.74 bits per heavy atom. The average molecular weight is 258 g/mol. The Morgan fingerprint density at radius 2 is 2.05 bits per heavy atom. The van der Waals surface area contributed by atoms with E-state index in [9.17, 15) is 4.79 Å². The van der Waals surface area contributed by atoms with Gasteiger partial charge >= 0.3 is 6.03 Å². The van der Waals surface area contributed by atoms with Crippen molar-refractivity contribution in [2.45, 2.75) is 12.5 Å². The molecule has 0 radical (unpaired) electrons. The number of guanidine groups is 1. The zero-order valence-electron chi connectivity index (χ0n) is 10.6. The number of urea groups is 1. The number of amides is 2. The third kappa shape index (κ3) is 2.04. The lowest BCUT2D eigenvalue weighted by molar-refractivity contribution is -0.0276. The highest BCUT2D eigenvalue weighted by Gasteiger charge is 2.40. The highest BCUT2D eigenvalue weighted by Crippen LogP contribution is 2.32. The van der Waals surface area contributed by atoms with Gasteiger partial charge in [0, 0.05) is 6.54 Å². The summed E-state index contributed by atoms with van der Waals surface area (Å²) in [6, 6.07) is 9.47. The summed E-state index contributed by atoms with van der Waals surface area (Å²) in [5.74, 6) is 0.375. The molecule has 6 nitrogen and oxygen atoms in total. The molecule has 0 aromatic heterocycles. The van der Waals surface area contributed by atoms with Gasteiger partial charge in [0.25, 0.3) is 5.96 Å². The first kappa shape index (κ1) is 12.0. The van der Waals surface area contributed by atoms with Crippen LogP contribution in [0.2, 0.25) is 0 Å². The first-order valence-corrected chi connectivity index (χ1v) is 6.15. The molecule has 0 saturated carbocycles. The van der Waals surface area contributed by atoms with Gasteiger partial charge in [0.2, 0.25) is 0 Å². The number of rotatable bonds is 1. The lowest BCUT2D eigenvalue weighted by Crippen LogP contribution is -2.54. The molecular weight excluding hydrogens is 244 g/mol. The second-order valence-corrected chi connectivity index (χ2v) is 4.74. The van der Waals surface area contributed by atoms with E-state index in [1.165, 1.54) is 0 Å². The van der Waals surface area contributed by atoms with Crippen LogP contribution in [0.5, 0.6) is 0 Å². The number of aliphatic imine (C=N–C) groups is 1. The summed E-state index contributed by atoms with van der Waals surface area (Å²) in [5.41, 5.74) is 0.717. The highest BCUT2D eigenvalue weighted by atomic mass is 16.5. The van der Waals surface area contributed by atoms with Crippen molar-refractivity contribution in [2.75, 3.05) is 19.8 Å². The van der Waals surface area contributed by atoms with E-state index < -0.39 is 6.03 Å². The van der Waals surface area contributed by atoms with Crippen LogP contribution >= 0.6 is 0 Å². The molecule has 0 spiro atoms. The van der Waals surface area contributed by atoms with E-state index in [1.54, 1.807) is 0 Å². The van der Waals surface area contributed by atoms with Crippen LogP contribution < -0.4 is 0 Å². The van der Waals surface area contributed by atoms with Gasteiger partial charge in [0.15, 0.2) is 0 Å². The first-order chi connectivity index (χ1) is 9.20. The Morgan fingerprint density at radius 1 is 1.26 bits per heavy atom. The van der Waals surface area contributed by atoms with Crippen molar-refractivity contribution in [1.29, 1.82) is 0 Å². The van der Waals surface area contributed by atoms with Gasteiger partial charge < -0.3 is 9.64 Å². The van der Waals surface area contributed by atoms with Crippen LogP contribution in [0, 0.1) is 0 Å². The van der Waals surface area contributed by atoms with Gasteiger partial charge in [-0.1, -0.05) is 35.4 Å². The molecule has 1 aromatic carbocycles. The highest BCUT2D eigenvalue weighted by molar-refractivity contribution is 5.97. The van der Waals surface area contributed by atoms with Gasteiger partial charge in [-0.3, -0.25) is 0 Å². The summed E-state index contributed by atoms with van der Waals surface area (Å²) in [5, 5.41) is 7.31. The molecule has 1 fully saturated rings. The van der Waals surface area contributed by atoms with Gasteiger partial charge in [-0.2, -0.15) is 4.99 Å². The third-order valence-corrected chi connectivity index (χ3v) is 3.50. The van der Waals surface area contributed by atoms with Crippen LogP contribution in [0.1, 0.15) is 12.5 Å². The number of nitrogens with zero attached hydrogens (tertiary/aromatic N) is 4. The molecule has 0 N–H and O–H groups in total. The molecule has 2 heterocycles. The predicted octanol–water partition coefficient (Wildman–Crippen LogP) is 2.18. The zero-order valence-corrected chi connectivity index (χ0v) is 10.6.